The Hall–Kier alpha value is -1.56. The highest BCUT2D eigenvalue weighted by molar-refractivity contribution is 5.34. The fraction of sp³-hybridized carbons (Fsp3) is 0.500. The first-order valence-corrected chi connectivity index (χ1v) is 5.36. The van der Waals surface area contributed by atoms with Gasteiger partial charge in [0.1, 0.15) is 11.6 Å². The van der Waals surface area contributed by atoms with Crippen LogP contribution in [0.15, 0.2) is 17.1 Å². The molecule has 3 nitrogen and oxygen atoms in total. The summed E-state index contributed by atoms with van der Waals surface area (Å²) in [4.78, 5) is 11.9. The maximum Gasteiger partial charge on any atom is 0.268 e. The van der Waals surface area contributed by atoms with Gasteiger partial charge in [0.15, 0.2) is 0 Å². The molecule has 1 aliphatic carbocycles. The maximum absolute atomic E-state index is 11.9. The van der Waals surface area contributed by atoms with Crippen molar-refractivity contribution < 1.29 is 0 Å². The molecule has 1 heterocycles. The van der Waals surface area contributed by atoms with Gasteiger partial charge < -0.3 is 4.57 Å². The molecule has 1 aromatic heterocycles. The van der Waals surface area contributed by atoms with Crippen LogP contribution in [0.4, 0.5) is 0 Å². The second-order valence-electron chi connectivity index (χ2n) is 4.14. The van der Waals surface area contributed by atoms with Crippen molar-refractivity contribution in [3.05, 3.63) is 33.7 Å². The minimum atomic E-state index is -0.121. The number of nitriles is 1. The molecule has 1 fully saturated rings. The van der Waals surface area contributed by atoms with Crippen LogP contribution < -0.4 is 5.56 Å². The SMILES string of the molecule is Cc1ccn(C2CCCC2)c(=O)c1C#N. The molecule has 1 saturated carbocycles. The molecule has 0 unspecified atom stereocenters. The minimum absolute atomic E-state index is 0.121. The number of nitrogens with zero attached hydrogens (tertiary/aromatic N) is 2. The lowest BCUT2D eigenvalue weighted by atomic mass is 10.1. The number of aryl methyl sites for hydroxylation is 1. The van der Waals surface area contributed by atoms with E-state index in [0.717, 1.165) is 18.4 Å². The van der Waals surface area contributed by atoms with Crippen LogP contribution in [-0.4, -0.2) is 4.57 Å². The van der Waals surface area contributed by atoms with E-state index in [1.807, 2.05) is 18.3 Å². The number of rotatable bonds is 1. The monoisotopic (exact) mass is 202 g/mol. The molecular weight excluding hydrogens is 188 g/mol. The molecule has 78 valence electrons. The third-order valence-electron chi connectivity index (χ3n) is 3.16. The molecule has 1 aromatic rings. The Balaban J connectivity index is 2.50. The van der Waals surface area contributed by atoms with Gasteiger partial charge in [-0.15, -0.1) is 0 Å². The number of aromatic nitrogens is 1. The number of hydrogen-bond donors (Lipinski definition) is 0. The summed E-state index contributed by atoms with van der Waals surface area (Å²) in [6, 6.07) is 4.16. The summed E-state index contributed by atoms with van der Waals surface area (Å²) in [6.45, 7) is 1.80. The van der Waals surface area contributed by atoms with E-state index in [9.17, 15) is 4.79 Å². The molecule has 0 radical (unpaired) electrons. The highest BCUT2D eigenvalue weighted by Crippen LogP contribution is 2.28. The van der Waals surface area contributed by atoms with Gasteiger partial charge in [0.2, 0.25) is 0 Å². The molecule has 0 saturated heterocycles. The van der Waals surface area contributed by atoms with Crippen LogP contribution in [0.5, 0.6) is 0 Å². The average molecular weight is 202 g/mol. The van der Waals surface area contributed by atoms with Gasteiger partial charge >= 0.3 is 0 Å². The quantitative estimate of drug-likeness (QED) is 0.700. The number of hydrogen-bond acceptors (Lipinski definition) is 2. The standard InChI is InChI=1S/C12H14N2O/c1-9-6-7-14(10-4-2-3-5-10)12(15)11(9)8-13/h6-7,10H,2-5H2,1H3. The molecule has 0 atom stereocenters. The lowest BCUT2D eigenvalue weighted by molar-refractivity contribution is 0.501. The fourth-order valence-electron chi connectivity index (χ4n) is 2.25. The van der Waals surface area contributed by atoms with Gasteiger partial charge in [-0.3, -0.25) is 4.79 Å². The summed E-state index contributed by atoms with van der Waals surface area (Å²) < 4.78 is 1.73. The van der Waals surface area contributed by atoms with Crippen molar-refractivity contribution in [2.45, 2.75) is 38.6 Å². The van der Waals surface area contributed by atoms with Gasteiger partial charge in [-0.2, -0.15) is 5.26 Å². The van der Waals surface area contributed by atoms with E-state index >= 15 is 0 Å². The summed E-state index contributed by atoms with van der Waals surface area (Å²) in [5.41, 5.74) is 0.950. The zero-order valence-electron chi connectivity index (χ0n) is 8.86. The third kappa shape index (κ3) is 1.68. The Kier molecular flexibility index (Phi) is 2.59. The van der Waals surface area contributed by atoms with Gasteiger partial charge in [-0.1, -0.05) is 12.8 Å². The van der Waals surface area contributed by atoms with E-state index in [0.29, 0.717) is 11.6 Å². The molecule has 0 N–H and O–H groups in total. The second-order valence-corrected chi connectivity index (χ2v) is 4.14. The first-order valence-electron chi connectivity index (χ1n) is 5.36. The molecule has 0 aromatic carbocycles. The Bertz CT molecular complexity index is 461. The van der Waals surface area contributed by atoms with E-state index in [1.165, 1.54) is 12.8 Å². The minimum Gasteiger partial charge on any atom is -0.311 e. The van der Waals surface area contributed by atoms with E-state index < -0.39 is 0 Å². The zero-order valence-corrected chi connectivity index (χ0v) is 8.86. The molecule has 15 heavy (non-hydrogen) atoms. The lowest BCUT2D eigenvalue weighted by Gasteiger charge is -2.13. The van der Waals surface area contributed by atoms with Crippen LogP contribution in [0.1, 0.15) is 42.9 Å². The fourth-order valence-corrected chi connectivity index (χ4v) is 2.25. The van der Waals surface area contributed by atoms with Crippen LogP contribution in [0.25, 0.3) is 0 Å². The Morgan fingerprint density at radius 2 is 2.13 bits per heavy atom. The number of pyridine rings is 1. The molecule has 0 spiro atoms. The van der Waals surface area contributed by atoms with E-state index in [2.05, 4.69) is 0 Å². The molecule has 2 rings (SSSR count). The lowest BCUT2D eigenvalue weighted by Crippen LogP contribution is -2.25. The predicted molar refractivity (Wildman–Crippen MR) is 57.7 cm³/mol. The predicted octanol–water partition coefficient (Wildman–Crippen LogP) is 2.14. The third-order valence-corrected chi connectivity index (χ3v) is 3.16. The van der Waals surface area contributed by atoms with Crippen molar-refractivity contribution in [2.24, 2.45) is 0 Å². The van der Waals surface area contributed by atoms with Gasteiger partial charge in [0, 0.05) is 12.2 Å². The smallest absolute Gasteiger partial charge is 0.268 e. The van der Waals surface area contributed by atoms with Crippen LogP contribution >= 0.6 is 0 Å². The molecule has 1 aliphatic rings. The van der Waals surface area contributed by atoms with Crippen molar-refractivity contribution in [3.8, 4) is 6.07 Å². The summed E-state index contributed by atoms with van der Waals surface area (Å²) in [5.74, 6) is 0. The second kappa shape index (κ2) is 3.90. The largest absolute Gasteiger partial charge is 0.311 e. The van der Waals surface area contributed by atoms with Crippen molar-refractivity contribution in [1.29, 1.82) is 5.26 Å². The molecular formula is C12H14N2O. The van der Waals surface area contributed by atoms with Gasteiger partial charge in [0.05, 0.1) is 0 Å². The van der Waals surface area contributed by atoms with Gasteiger partial charge in [0.25, 0.3) is 5.56 Å². The van der Waals surface area contributed by atoms with Crippen molar-refractivity contribution >= 4 is 0 Å². The first kappa shape index (κ1) is 9.97. The summed E-state index contributed by atoms with van der Waals surface area (Å²) in [5, 5.41) is 8.90. The molecule has 0 bridgehead atoms. The van der Waals surface area contributed by atoms with Crippen molar-refractivity contribution in [1.82, 2.24) is 4.57 Å². The van der Waals surface area contributed by atoms with Gasteiger partial charge in [-0.25, -0.2) is 0 Å². The molecule has 3 heteroatoms. The topological polar surface area (TPSA) is 45.8 Å². The summed E-state index contributed by atoms with van der Waals surface area (Å²) in [7, 11) is 0. The van der Waals surface area contributed by atoms with E-state index in [1.54, 1.807) is 11.5 Å². The highest BCUT2D eigenvalue weighted by Gasteiger charge is 2.19. The summed E-state index contributed by atoms with van der Waals surface area (Å²) in [6.07, 6.45) is 6.33. The van der Waals surface area contributed by atoms with E-state index in [-0.39, 0.29) is 5.56 Å². The normalized spacial score (nSPS) is 16.5. The Morgan fingerprint density at radius 1 is 1.47 bits per heavy atom. The van der Waals surface area contributed by atoms with Crippen LogP contribution in [0.2, 0.25) is 0 Å². The highest BCUT2D eigenvalue weighted by atomic mass is 16.1. The van der Waals surface area contributed by atoms with Crippen molar-refractivity contribution in [2.75, 3.05) is 0 Å². The molecule has 0 amide bonds. The molecule has 0 aliphatic heterocycles. The maximum atomic E-state index is 11.9. The zero-order chi connectivity index (χ0) is 10.8. The van der Waals surface area contributed by atoms with Crippen LogP contribution in [0.3, 0.4) is 0 Å². The Morgan fingerprint density at radius 3 is 2.73 bits per heavy atom. The van der Waals surface area contributed by atoms with Crippen molar-refractivity contribution in [3.63, 3.8) is 0 Å². The average Bonchev–Trinajstić information content (AvgIpc) is 2.71. The summed E-state index contributed by atoms with van der Waals surface area (Å²) >= 11 is 0. The first-order chi connectivity index (χ1) is 7.24. The van der Waals surface area contributed by atoms with E-state index in [4.69, 9.17) is 5.26 Å². The van der Waals surface area contributed by atoms with Crippen LogP contribution in [-0.2, 0) is 0 Å². The van der Waals surface area contributed by atoms with Gasteiger partial charge in [-0.05, 0) is 31.4 Å². The van der Waals surface area contributed by atoms with Crippen LogP contribution in [0, 0.1) is 18.3 Å². The Labute approximate surface area is 89.0 Å².